The van der Waals surface area contributed by atoms with Gasteiger partial charge >= 0.3 is 6.16 Å². The summed E-state index contributed by atoms with van der Waals surface area (Å²) in [5.41, 5.74) is 3.26. The molecule has 39 heavy (non-hydrogen) atoms. The molecule has 0 bridgehead atoms. The lowest BCUT2D eigenvalue weighted by Gasteiger charge is -2.36. The van der Waals surface area contributed by atoms with Crippen molar-refractivity contribution in [1.82, 2.24) is 9.78 Å². The smallest absolute Gasteiger partial charge is 0.449 e. The highest BCUT2D eigenvalue weighted by Gasteiger charge is 2.37. The maximum Gasteiger partial charge on any atom is 0.511 e. The van der Waals surface area contributed by atoms with Gasteiger partial charge in [-0.05, 0) is 80.5 Å². The van der Waals surface area contributed by atoms with Gasteiger partial charge in [-0.2, -0.15) is 0 Å². The van der Waals surface area contributed by atoms with Gasteiger partial charge in [0.2, 0.25) is 11.7 Å². The van der Waals surface area contributed by atoms with Crippen LogP contribution < -0.4 is 9.64 Å². The van der Waals surface area contributed by atoms with Crippen molar-refractivity contribution in [3.05, 3.63) is 71.9 Å². The van der Waals surface area contributed by atoms with E-state index in [2.05, 4.69) is 31.2 Å². The average molecular weight is 532 g/mol. The number of aryl methyl sites for hydroxylation is 2. The number of hydrogen-bond donors (Lipinski definition) is 1. The zero-order valence-electron chi connectivity index (χ0n) is 22.5. The molecule has 2 fully saturated rings. The van der Waals surface area contributed by atoms with E-state index in [9.17, 15) is 14.7 Å². The molecular weight excluding hydrogens is 494 g/mol. The summed E-state index contributed by atoms with van der Waals surface area (Å²) in [7, 11) is 0. The van der Waals surface area contributed by atoms with Gasteiger partial charge in [-0.1, -0.05) is 49.4 Å². The fourth-order valence-corrected chi connectivity index (χ4v) is 5.67. The van der Waals surface area contributed by atoms with E-state index in [4.69, 9.17) is 14.6 Å². The number of hydrogen-bond acceptors (Lipinski definition) is 5. The fourth-order valence-electron chi connectivity index (χ4n) is 5.67. The summed E-state index contributed by atoms with van der Waals surface area (Å²) in [5.74, 6) is 0.855. The minimum Gasteiger partial charge on any atom is -0.449 e. The van der Waals surface area contributed by atoms with E-state index in [1.54, 1.807) is 15.8 Å². The first-order valence-electron chi connectivity index (χ1n) is 14.0. The second kappa shape index (κ2) is 12.5. The molecule has 1 N–H and O–H groups in total. The van der Waals surface area contributed by atoms with Crippen LogP contribution in [0.1, 0.15) is 56.6 Å². The number of benzene rings is 2. The van der Waals surface area contributed by atoms with Crippen molar-refractivity contribution < 1.29 is 24.2 Å². The third-order valence-corrected chi connectivity index (χ3v) is 7.99. The standard InChI is InChI=1S/C31H37N3O5/c1-22-7-13-25(14-8-22)30(35)34(27-17-19-38-20-18-27)29-28(39-31(36)37)21-33(32-29)26-15-11-24(12-16-26)10-9-23-5-3-2-4-6-23/h2-6,11-12,15-16,21-22,25,27H,7-10,13-14,17-20H2,1H3,(H,36,37). The number of ether oxygens (including phenoxy) is 2. The third-order valence-electron chi connectivity index (χ3n) is 7.99. The van der Waals surface area contributed by atoms with Crippen molar-refractivity contribution in [2.75, 3.05) is 18.1 Å². The van der Waals surface area contributed by atoms with Crippen LogP contribution in [0.2, 0.25) is 0 Å². The van der Waals surface area contributed by atoms with Gasteiger partial charge in [-0.25, -0.2) is 9.48 Å². The maximum atomic E-state index is 14.0. The summed E-state index contributed by atoms with van der Waals surface area (Å²) < 4.78 is 12.4. The highest BCUT2D eigenvalue weighted by molar-refractivity contribution is 5.96. The first kappa shape index (κ1) is 26.9. The van der Waals surface area contributed by atoms with Crippen LogP contribution in [0.3, 0.4) is 0 Å². The van der Waals surface area contributed by atoms with Crippen LogP contribution in [0, 0.1) is 11.8 Å². The second-order valence-electron chi connectivity index (χ2n) is 10.8. The highest BCUT2D eigenvalue weighted by Crippen LogP contribution is 2.37. The first-order valence-corrected chi connectivity index (χ1v) is 14.0. The van der Waals surface area contributed by atoms with Gasteiger partial charge in [0.05, 0.1) is 11.9 Å². The quantitative estimate of drug-likeness (QED) is 0.356. The summed E-state index contributed by atoms with van der Waals surface area (Å²) in [4.78, 5) is 27.3. The number of nitrogens with zero attached hydrogens (tertiary/aromatic N) is 3. The Morgan fingerprint density at radius 1 is 0.949 bits per heavy atom. The van der Waals surface area contributed by atoms with Crippen LogP contribution in [-0.4, -0.2) is 46.2 Å². The van der Waals surface area contributed by atoms with Gasteiger partial charge in [0.15, 0.2) is 5.75 Å². The van der Waals surface area contributed by atoms with Gasteiger partial charge in [0.25, 0.3) is 0 Å². The van der Waals surface area contributed by atoms with Gasteiger partial charge in [0.1, 0.15) is 0 Å². The van der Waals surface area contributed by atoms with Crippen molar-refractivity contribution in [3.8, 4) is 11.4 Å². The monoisotopic (exact) mass is 531 g/mol. The maximum absolute atomic E-state index is 14.0. The van der Waals surface area contributed by atoms with E-state index >= 15 is 0 Å². The largest absolute Gasteiger partial charge is 0.511 e. The van der Waals surface area contributed by atoms with Crippen LogP contribution in [-0.2, 0) is 22.4 Å². The molecule has 2 aromatic carbocycles. The van der Waals surface area contributed by atoms with Gasteiger partial charge in [-0.3, -0.25) is 9.69 Å². The molecule has 8 heteroatoms. The molecule has 3 aromatic rings. The molecule has 1 saturated heterocycles. The fraction of sp³-hybridized carbons (Fsp3) is 0.452. The van der Waals surface area contributed by atoms with Crippen LogP contribution in [0.25, 0.3) is 5.69 Å². The molecule has 1 saturated carbocycles. The minimum absolute atomic E-state index is 0.00514. The molecule has 8 nitrogen and oxygen atoms in total. The van der Waals surface area contributed by atoms with Gasteiger partial charge in [0, 0.05) is 25.2 Å². The van der Waals surface area contributed by atoms with Crippen molar-refractivity contribution in [1.29, 1.82) is 0 Å². The first-order chi connectivity index (χ1) is 19.0. The predicted molar refractivity (Wildman–Crippen MR) is 149 cm³/mol. The summed E-state index contributed by atoms with van der Waals surface area (Å²) in [6.45, 7) is 3.33. The molecule has 2 aliphatic rings. The zero-order valence-corrected chi connectivity index (χ0v) is 22.5. The molecule has 0 radical (unpaired) electrons. The predicted octanol–water partition coefficient (Wildman–Crippen LogP) is 6.05. The number of aromatic nitrogens is 2. The second-order valence-corrected chi connectivity index (χ2v) is 10.8. The van der Waals surface area contributed by atoms with Gasteiger partial charge < -0.3 is 14.6 Å². The molecule has 0 atom stereocenters. The number of carbonyl (C=O) groups is 2. The number of anilines is 1. The number of rotatable bonds is 8. The lowest BCUT2D eigenvalue weighted by Crippen LogP contribution is -2.47. The Bertz CT molecular complexity index is 1240. The zero-order chi connectivity index (χ0) is 27.2. The normalized spacial score (nSPS) is 19.9. The lowest BCUT2D eigenvalue weighted by molar-refractivity contribution is -0.124. The molecule has 206 valence electrons. The Morgan fingerprint density at radius 2 is 1.59 bits per heavy atom. The lowest BCUT2D eigenvalue weighted by atomic mass is 9.82. The van der Waals surface area contributed by atoms with Crippen molar-refractivity contribution in [3.63, 3.8) is 0 Å². The van der Waals surface area contributed by atoms with Crippen LogP contribution in [0.5, 0.6) is 5.75 Å². The molecule has 1 aliphatic heterocycles. The number of carbonyl (C=O) groups excluding carboxylic acids is 1. The van der Waals surface area contributed by atoms with Crippen molar-refractivity contribution in [2.24, 2.45) is 11.8 Å². The van der Waals surface area contributed by atoms with Crippen LogP contribution >= 0.6 is 0 Å². The van der Waals surface area contributed by atoms with E-state index in [0.29, 0.717) is 32.0 Å². The highest BCUT2D eigenvalue weighted by atomic mass is 16.7. The van der Waals surface area contributed by atoms with Crippen molar-refractivity contribution >= 4 is 17.9 Å². The van der Waals surface area contributed by atoms with E-state index in [1.165, 1.54) is 11.1 Å². The Labute approximate surface area is 229 Å². The summed E-state index contributed by atoms with van der Waals surface area (Å²) in [5, 5.41) is 14.2. The van der Waals surface area contributed by atoms with Gasteiger partial charge in [-0.15, -0.1) is 5.10 Å². The molecule has 0 spiro atoms. The number of carboxylic acid groups (broad SMARTS) is 1. The number of amides is 1. The SMILES string of the molecule is CC1CCC(C(=O)N(c2nn(-c3ccc(CCc4ccccc4)cc3)cc2OC(=O)O)C2CCOCC2)CC1. The van der Waals surface area contributed by atoms with E-state index in [0.717, 1.165) is 44.2 Å². The molecule has 1 amide bonds. The molecular formula is C31H37N3O5. The minimum atomic E-state index is -1.43. The topological polar surface area (TPSA) is 93.9 Å². The molecule has 0 unspecified atom stereocenters. The summed E-state index contributed by atoms with van der Waals surface area (Å²) in [6.07, 6.45) is 7.03. The molecule has 5 rings (SSSR count). The summed E-state index contributed by atoms with van der Waals surface area (Å²) in [6, 6.07) is 18.3. The van der Waals surface area contributed by atoms with E-state index < -0.39 is 6.16 Å². The summed E-state index contributed by atoms with van der Waals surface area (Å²) >= 11 is 0. The third kappa shape index (κ3) is 6.68. The van der Waals surface area contributed by atoms with E-state index in [1.807, 2.05) is 30.3 Å². The van der Waals surface area contributed by atoms with Crippen molar-refractivity contribution in [2.45, 2.75) is 64.3 Å². The van der Waals surface area contributed by atoms with E-state index in [-0.39, 0.29) is 29.4 Å². The Morgan fingerprint density at radius 3 is 2.23 bits per heavy atom. The Kier molecular flexibility index (Phi) is 8.61. The Hall–Kier alpha value is -3.65. The molecule has 1 aromatic heterocycles. The average Bonchev–Trinajstić information content (AvgIpc) is 3.36. The Balaban J connectivity index is 1.42. The molecule has 1 aliphatic carbocycles. The molecule has 2 heterocycles. The van der Waals surface area contributed by atoms with Crippen LogP contribution in [0.15, 0.2) is 60.8 Å². The van der Waals surface area contributed by atoms with Crippen LogP contribution in [0.4, 0.5) is 10.6 Å².